The van der Waals surface area contributed by atoms with Crippen LogP contribution in [0.3, 0.4) is 0 Å². The summed E-state index contributed by atoms with van der Waals surface area (Å²) < 4.78 is 32.3. The van der Waals surface area contributed by atoms with Crippen molar-refractivity contribution in [2.75, 3.05) is 31.7 Å². The average Bonchev–Trinajstić information content (AvgIpc) is 2.76. The number of amides is 1. The summed E-state index contributed by atoms with van der Waals surface area (Å²) in [5, 5.41) is 2.85. The Bertz CT molecular complexity index is 992. The standard InChI is InChI=1S/C22H28N2O4S2/c1-3-29-21-8-5-4-7-20(21)22(25)23-12-6-14-30(26,27)24-13-11-17-15-19(28-2)10-9-18(17)16-24/h4-5,7-10,15H,3,6,11-14,16H2,1-2H3,(H,23,25). The highest BCUT2D eigenvalue weighted by Gasteiger charge is 2.26. The summed E-state index contributed by atoms with van der Waals surface area (Å²) in [5.41, 5.74) is 2.79. The molecule has 0 saturated heterocycles. The van der Waals surface area contributed by atoms with Crippen LogP contribution >= 0.6 is 11.8 Å². The van der Waals surface area contributed by atoms with E-state index in [9.17, 15) is 13.2 Å². The van der Waals surface area contributed by atoms with Gasteiger partial charge < -0.3 is 10.1 Å². The molecular formula is C22H28N2O4S2. The van der Waals surface area contributed by atoms with Gasteiger partial charge in [-0.2, -0.15) is 4.31 Å². The van der Waals surface area contributed by atoms with E-state index in [1.165, 1.54) is 4.31 Å². The molecule has 1 amide bonds. The Balaban J connectivity index is 1.51. The van der Waals surface area contributed by atoms with E-state index in [0.717, 1.165) is 27.5 Å². The molecule has 8 heteroatoms. The number of ether oxygens (including phenoxy) is 1. The first kappa shape index (κ1) is 22.7. The number of sulfonamides is 1. The second-order valence-corrected chi connectivity index (χ2v) is 10.5. The number of nitrogens with zero attached hydrogens (tertiary/aromatic N) is 1. The summed E-state index contributed by atoms with van der Waals surface area (Å²) >= 11 is 1.62. The van der Waals surface area contributed by atoms with Gasteiger partial charge in [0.15, 0.2) is 0 Å². The molecular weight excluding hydrogens is 420 g/mol. The van der Waals surface area contributed by atoms with Gasteiger partial charge in [0, 0.05) is 24.5 Å². The van der Waals surface area contributed by atoms with Crippen LogP contribution < -0.4 is 10.1 Å². The van der Waals surface area contributed by atoms with E-state index in [1.807, 2.05) is 43.3 Å². The molecule has 3 rings (SSSR count). The van der Waals surface area contributed by atoms with Gasteiger partial charge in [0.25, 0.3) is 5.91 Å². The molecule has 0 saturated carbocycles. The molecule has 0 bridgehead atoms. The molecule has 162 valence electrons. The predicted molar refractivity (Wildman–Crippen MR) is 121 cm³/mol. The minimum absolute atomic E-state index is 0.0180. The lowest BCUT2D eigenvalue weighted by Gasteiger charge is -2.28. The van der Waals surface area contributed by atoms with Gasteiger partial charge >= 0.3 is 0 Å². The lowest BCUT2D eigenvalue weighted by Crippen LogP contribution is -2.38. The predicted octanol–water partition coefficient (Wildman–Crippen LogP) is 3.32. The normalized spacial score (nSPS) is 14.2. The summed E-state index contributed by atoms with van der Waals surface area (Å²) in [7, 11) is -1.75. The molecule has 2 aromatic carbocycles. The number of hydrogen-bond donors (Lipinski definition) is 1. The Morgan fingerprint density at radius 3 is 2.77 bits per heavy atom. The van der Waals surface area contributed by atoms with Crippen molar-refractivity contribution in [2.45, 2.75) is 31.2 Å². The van der Waals surface area contributed by atoms with E-state index in [0.29, 0.717) is 38.0 Å². The topological polar surface area (TPSA) is 75.7 Å². The Hall–Kier alpha value is -2.03. The van der Waals surface area contributed by atoms with Crippen molar-refractivity contribution in [2.24, 2.45) is 0 Å². The zero-order chi connectivity index (χ0) is 21.6. The first-order valence-electron chi connectivity index (χ1n) is 10.1. The van der Waals surface area contributed by atoms with Gasteiger partial charge in [0.2, 0.25) is 10.0 Å². The Morgan fingerprint density at radius 2 is 2.00 bits per heavy atom. The number of benzene rings is 2. The molecule has 0 unspecified atom stereocenters. The second kappa shape index (κ2) is 10.3. The monoisotopic (exact) mass is 448 g/mol. The molecule has 0 atom stereocenters. The maximum Gasteiger partial charge on any atom is 0.252 e. The van der Waals surface area contributed by atoms with Crippen molar-refractivity contribution < 1.29 is 17.9 Å². The van der Waals surface area contributed by atoms with Crippen molar-refractivity contribution >= 4 is 27.7 Å². The van der Waals surface area contributed by atoms with Gasteiger partial charge in [0.05, 0.1) is 18.4 Å². The summed E-state index contributed by atoms with van der Waals surface area (Å²) in [6.07, 6.45) is 1.05. The van der Waals surface area contributed by atoms with E-state index >= 15 is 0 Å². The summed E-state index contributed by atoms with van der Waals surface area (Å²) in [6, 6.07) is 13.2. The lowest BCUT2D eigenvalue weighted by molar-refractivity contribution is 0.0950. The summed E-state index contributed by atoms with van der Waals surface area (Å²) in [5.74, 6) is 1.53. The van der Waals surface area contributed by atoms with Gasteiger partial charge in [-0.25, -0.2) is 8.42 Å². The maximum absolute atomic E-state index is 12.8. The fraction of sp³-hybridized carbons (Fsp3) is 0.409. The number of carbonyl (C=O) groups excluding carboxylic acids is 1. The van der Waals surface area contributed by atoms with Crippen molar-refractivity contribution in [3.05, 3.63) is 59.2 Å². The highest BCUT2D eigenvalue weighted by atomic mass is 32.2. The van der Waals surface area contributed by atoms with Crippen LogP contribution in [0.5, 0.6) is 5.75 Å². The van der Waals surface area contributed by atoms with Crippen LogP contribution in [-0.4, -0.2) is 50.3 Å². The zero-order valence-corrected chi connectivity index (χ0v) is 19.0. The van der Waals surface area contributed by atoms with Crippen LogP contribution in [0.4, 0.5) is 0 Å². The van der Waals surface area contributed by atoms with Crippen molar-refractivity contribution in [3.63, 3.8) is 0 Å². The van der Waals surface area contributed by atoms with Gasteiger partial charge in [-0.05, 0) is 54.0 Å². The van der Waals surface area contributed by atoms with Crippen LogP contribution in [0.25, 0.3) is 0 Å². The molecule has 6 nitrogen and oxygen atoms in total. The molecule has 0 aromatic heterocycles. The molecule has 0 fully saturated rings. The third-order valence-electron chi connectivity index (χ3n) is 5.08. The molecule has 0 radical (unpaired) electrons. The molecule has 1 aliphatic rings. The Labute approximate surface area is 183 Å². The SMILES string of the molecule is CCSc1ccccc1C(=O)NCCCS(=O)(=O)N1CCc2cc(OC)ccc2C1. The summed E-state index contributed by atoms with van der Waals surface area (Å²) in [6.45, 7) is 3.22. The van der Waals surface area contributed by atoms with E-state index < -0.39 is 10.0 Å². The average molecular weight is 449 g/mol. The third kappa shape index (κ3) is 5.56. The van der Waals surface area contributed by atoms with Gasteiger partial charge in [0.1, 0.15) is 5.75 Å². The van der Waals surface area contributed by atoms with Crippen LogP contribution in [0.1, 0.15) is 34.8 Å². The molecule has 0 aliphatic carbocycles. The van der Waals surface area contributed by atoms with Crippen molar-refractivity contribution in [3.8, 4) is 5.75 Å². The highest BCUT2D eigenvalue weighted by Crippen LogP contribution is 2.25. The number of fused-ring (bicyclic) bond motifs is 1. The number of hydrogen-bond acceptors (Lipinski definition) is 5. The fourth-order valence-electron chi connectivity index (χ4n) is 3.48. The van der Waals surface area contributed by atoms with E-state index in [-0.39, 0.29) is 11.7 Å². The van der Waals surface area contributed by atoms with Gasteiger partial charge in [-0.3, -0.25) is 4.79 Å². The summed E-state index contributed by atoms with van der Waals surface area (Å²) in [4.78, 5) is 13.4. The van der Waals surface area contributed by atoms with Crippen LogP contribution in [0.2, 0.25) is 0 Å². The molecule has 1 aliphatic heterocycles. The number of methoxy groups -OCH3 is 1. The molecule has 2 aromatic rings. The molecule has 0 spiro atoms. The van der Waals surface area contributed by atoms with Crippen LogP contribution in [-0.2, 0) is 23.0 Å². The van der Waals surface area contributed by atoms with Crippen LogP contribution in [0.15, 0.2) is 47.4 Å². The van der Waals surface area contributed by atoms with Gasteiger partial charge in [-0.15, -0.1) is 11.8 Å². The molecule has 30 heavy (non-hydrogen) atoms. The number of carbonyl (C=O) groups is 1. The third-order valence-corrected chi connectivity index (χ3v) is 7.94. The molecule has 1 heterocycles. The Kier molecular flexibility index (Phi) is 7.80. The number of nitrogens with one attached hydrogen (secondary N) is 1. The number of rotatable bonds is 9. The first-order valence-corrected chi connectivity index (χ1v) is 12.7. The quantitative estimate of drug-likeness (QED) is 0.471. The Morgan fingerprint density at radius 1 is 1.20 bits per heavy atom. The second-order valence-electron chi connectivity index (χ2n) is 7.07. The minimum atomic E-state index is -3.37. The minimum Gasteiger partial charge on any atom is -0.497 e. The van der Waals surface area contributed by atoms with E-state index in [4.69, 9.17) is 4.74 Å². The fourth-order valence-corrected chi connectivity index (χ4v) is 5.76. The maximum atomic E-state index is 12.8. The van der Waals surface area contributed by atoms with Gasteiger partial charge in [-0.1, -0.05) is 25.1 Å². The first-order chi connectivity index (χ1) is 14.4. The van der Waals surface area contributed by atoms with E-state index in [2.05, 4.69) is 5.32 Å². The number of thioether (sulfide) groups is 1. The largest absolute Gasteiger partial charge is 0.497 e. The highest BCUT2D eigenvalue weighted by molar-refractivity contribution is 7.99. The lowest BCUT2D eigenvalue weighted by atomic mass is 10.0. The zero-order valence-electron chi connectivity index (χ0n) is 17.4. The van der Waals surface area contributed by atoms with Crippen molar-refractivity contribution in [1.29, 1.82) is 0 Å². The smallest absolute Gasteiger partial charge is 0.252 e. The molecule has 1 N–H and O–H groups in total. The van der Waals surface area contributed by atoms with Crippen molar-refractivity contribution in [1.82, 2.24) is 9.62 Å². The van der Waals surface area contributed by atoms with Crippen LogP contribution in [0, 0.1) is 0 Å². The van der Waals surface area contributed by atoms with E-state index in [1.54, 1.807) is 24.9 Å².